The van der Waals surface area contributed by atoms with E-state index in [0.717, 1.165) is 64.1 Å². The molecule has 2 aliphatic heterocycles. The standard InChI is InChI=1S/C25H37F3N2O.2ClH/c26-25(27,28)21-9-7-8-20(18-21)23(19-24(31)12-3-1-4-13-24)30-16-10-22(11-17-30)29-14-5-2-6-15-29;;/h7-9,18,22-23,31H,1-6,10-17,19H2;2*1H. The summed E-state index contributed by atoms with van der Waals surface area (Å²) in [6.45, 7) is 4.14. The van der Waals surface area contributed by atoms with Gasteiger partial charge in [-0.15, -0.1) is 24.8 Å². The quantitative estimate of drug-likeness (QED) is 0.481. The van der Waals surface area contributed by atoms with E-state index in [0.29, 0.717) is 18.0 Å². The van der Waals surface area contributed by atoms with Gasteiger partial charge in [0, 0.05) is 25.2 Å². The van der Waals surface area contributed by atoms with Crippen molar-refractivity contribution in [2.75, 3.05) is 26.2 Å². The van der Waals surface area contributed by atoms with Crippen molar-refractivity contribution in [1.82, 2.24) is 9.80 Å². The molecule has 1 unspecified atom stereocenters. The van der Waals surface area contributed by atoms with Gasteiger partial charge in [0.05, 0.1) is 11.2 Å². The summed E-state index contributed by atoms with van der Waals surface area (Å²) in [7, 11) is 0. The van der Waals surface area contributed by atoms with Crippen LogP contribution in [0, 0.1) is 0 Å². The van der Waals surface area contributed by atoms with Crippen molar-refractivity contribution < 1.29 is 18.3 Å². The van der Waals surface area contributed by atoms with Crippen LogP contribution < -0.4 is 0 Å². The van der Waals surface area contributed by atoms with E-state index >= 15 is 0 Å². The lowest BCUT2D eigenvalue weighted by Gasteiger charge is -2.45. The lowest BCUT2D eigenvalue weighted by Crippen LogP contribution is -2.48. The number of hydrogen-bond acceptors (Lipinski definition) is 3. The molecule has 3 aliphatic rings. The molecule has 0 spiro atoms. The summed E-state index contributed by atoms with van der Waals surface area (Å²) in [6, 6.07) is 6.25. The maximum atomic E-state index is 13.4. The summed E-state index contributed by atoms with van der Waals surface area (Å²) in [5.74, 6) is 0. The van der Waals surface area contributed by atoms with Crippen molar-refractivity contribution in [3.8, 4) is 0 Å². The molecule has 0 radical (unpaired) electrons. The Morgan fingerprint density at radius 1 is 0.909 bits per heavy atom. The predicted octanol–water partition coefficient (Wildman–Crippen LogP) is 6.63. The highest BCUT2D eigenvalue weighted by Crippen LogP contribution is 2.40. The van der Waals surface area contributed by atoms with E-state index in [-0.39, 0.29) is 30.9 Å². The molecular formula is C25H39Cl2F3N2O. The Balaban J connectivity index is 0.00000193. The molecule has 0 aromatic heterocycles. The molecule has 8 heteroatoms. The van der Waals surface area contributed by atoms with Gasteiger partial charge in [-0.3, -0.25) is 4.90 Å². The molecular weight excluding hydrogens is 472 g/mol. The minimum Gasteiger partial charge on any atom is -0.390 e. The number of likely N-dealkylation sites (tertiary alicyclic amines) is 2. The first-order valence-corrected chi connectivity index (χ1v) is 12.2. The number of alkyl halides is 3. The van der Waals surface area contributed by atoms with Crippen LogP contribution >= 0.6 is 24.8 Å². The number of nitrogens with zero attached hydrogens (tertiary/aromatic N) is 2. The Labute approximate surface area is 208 Å². The molecule has 33 heavy (non-hydrogen) atoms. The Morgan fingerprint density at radius 3 is 2.12 bits per heavy atom. The molecule has 190 valence electrons. The monoisotopic (exact) mass is 510 g/mol. The fraction of sp³-hybridized carbons (Fsp3) is 0.760. The van der Waals surface area contributed by atoms with Crippen LogP contribution in [0.2, 0.25) is 0 Å². The molecule has 1 aromatic rings. The zero-order valence-electron chi connectivity index (χ0n) is 19.4. The lowest BCUT2D eigenvalue weighted by molar-refractivity contribution is -0.137. The van der Waals surface area contributed by atoms with Crippen LogP contribution in [0.5, 0.6) is 0 Å². The van der Waals surface area contributed by atoms with Gasteiger partial charge in [-0.2, -0.15) is 13.2 Å². The topological polar surface area (TPSA) is 26.7 Å². The van der Waals surface area contributed by atoms with Gasteiger partial charge < -0.3 is 10.0 Å². The van der Waals surface area contributed by atoms with Crippen LogP contribution in [0.25, 0.3) is 0 Å². The second-order valence-corrected chi connectivity index (χ2v) is 9.99. The van der Waals surface area contributed by atoms with E-state index in [1.165, 1.54) is 44.5 Å². The number of benzene rings is 1. The third kappa shape index (κ3) is 7.47. The normalized spacial score (nSPS) is 23.9. The number of rotatable bonds is 5. The molecule has 1 aromatic carbocycles. The van der Waals surface area contributed by atoms with Gasteiger partial charge in [-0.25, -0.2) is 0 Å². The minimum absolute atomic E-state index is 0. The van der Waals surface area contributed by atoms with E-state index in [4.69, 9.17) is 0 Å². The van der Waals surface area contributed by atoms with Gasteiger partial charge in [-0.05, 0) is 75.7 Å². The zero-order valence-corrected chi connectivity index (χ0v) is 21.0. The van der Waals surface area contributed by atoms with E-state index < -0.39 is 17.3 Å². The van der Waals surface area contributed by atoms with Gasteiger partial charge in [-0.1, -0.05) is 37.8 Å². The molecule has 2 heterocycles. The fourth-order valence-corrected chi connectivity index (χ4v) is 6.00. The third-order valence-corrected chi connectivity index (χ3v) is 7.80. The first-order chi connectivity index (χ1) is 14.8. The number of halogens is 5. The van der Waals surface area contributed by atoms with Crippen molar-refractivity contribution in [3.63, 3.8) is 0 Å². The van der Waals surface area contributed by atoms with Crippen LogP contribution in [0.15, 0.2) is 24.3 Å². The molecule has 2 saturated heterocycles. The predicted molar refractivity (Wildman–Crippen MR) is 131 cm³/mol. The smallest absolute Gasteiger partial charge is 0.390 e. The van der Waals surface area contributed by atoms with Gasteiger partial charge in [0.15, 0.2) is 0 Å². The van der Waals surface area contributed by atoms with Crippen LogP contribution in [0.1, 0.15) is 87.8 Å². The first-order valence-electron chi connectivity index (χ1n) is 12.2. The Kier molecular flexibility index (Phi) is 10.8. The summed E-state index contributed by atoms with van der Waals surface area (Å²) in [5.41, 5.74) is -0.653. The largest absolute Gasteiger partial charge is 0.416 e. The average molecular weight is 512 g/mol. The summed E-state index contributed by atoms with van der Waals surface area (Å²) >= 11 is 0. The van der Waals surface area contributed by atoms with Crippen LogP contribution in [0.3, 0.4) is 0 Å². The Hall–Kier alpha value is -0.530. The van der Waals surface area contributed by atoms with Gasteiger partial charge in [0.2, 0.25) is 0 Å². The van der Waals surface area contributed by atoms with Crippen LogP contribution in [-0.4, -0.2) is 52.7 Å². The van der Waals surface area contributed by atoms with E-state index in [1.807, 2.05) is 6.07 Å². The van der Waals surface area contributed by atoms with Gasteiger partial charge >= 0.3 is 6.18 Å². The lowest BCUT2D eigenvalue weighted by atomic mass is 9.78. The van der Waals surface area contributed by atoms with Crippen LogP contribution in [-0.2, 0) is 6.18 Å². The minimum atomic E-state index is -4.34. The molecule has 1 N–H and O–H groups in total. The van der Waals surface area contributed by atoms with E-state index in [2.05, 4.69) is 9.80 Å². The van der Waals surface area contributed by atoms with Crippen molar-refractivity contribution in [1.29, 1.82) is 0 Å². The maximum Gasteiger partial charge on any atom is 0.416 e. The molecule has 4 rings (SSSR count). The van der Waals surface area contributed by atoms with Gasteiger partial charge in [0.25, 0.3) is 0 Å². The molecule has 0 amide bonds. The number of hydrogen-bond donors (Lipinski definition) is 1. The SMILES string of the molecule is Cl.Cl.OC1(CC(c2cccc(C(F)(F)F)c2)N2CCC(N3CCCCC3)CC2)CCCCC1. The highest BCUT2D eigenvalue weighted by molar-refractivity contribution is 5.85. The molecule has 1 atom stereocenters. The van der Waals surface area contributed by atoms with Crippen molar-refractivity contribution >= 4 is 24.8 Å². The van der Waals surface area contributed by atoms with Crippen molar-refractivity contribution in [2.24, 2.45) is 0 Å². The molecule has 1 saturated carbocycles. The maximum absolute atomic E-state index is 13.4. The summed E-state index contributed by atoms with van der Waals surface area (Å²) in [4.78, 5) is 4.97. The molecule has 3 nitrogen and oxygen atoms in total. The van der Waals surface area contributed by atoms with E-state index in [1.54, 1.807) is 0 Å². The number of aliphatic hydroxyl groups is 1. The fourth-order valence-electron chi connectivity index (χ4n) is 6.00. The highest BCUT2D eigenvalue weighted by Gasteiger charge is 2.38. The van der Waals surface area contributed by atoms with E-state index in [9.17, 15) is 18.3 Å². The van der Waals surface area contributed by atoms with Crippen molar-refractivity contribution in [3.05, 3.63) is 35.4 Å². The summed E-state index contributed by atoms with van der Waals surface area (Å²) in [6.07, 6.45) is 6.85. The molecule has 1 aliphatic carbocycles. The zero-order chi connectivity index (χ0) is 21.9. The van der Waals surface area contributed by atoms with Gasteiger partial charge in [0.1, 0.15) is 0 Å². The second kappa shape index (κ2) is 12.4. The summed E-state index contributed by atoms with van der Waals surface area (Å²) < 4.78 is 40.2. The third-order valence-electron chi connectivity index (χ3n) is 7.80. The van der Waals surface area contributed by atoms with Crippen LogP contribution in [0.4, 0.5) is 13.2 Å². The first kappa shape index (κ1) is 28.7. The Morgan fingerprint density at radius 2 is 1.52 bits per heavy atom. The average Bonchev–Trinajstić information content (AvgIpc) is 2.78. The highest BCUT2D eigenvalue weighted by atomic mass is 35.5. The number of piperidine rings is 2. The Bertz CT molecular complexity index is 714. The summed E-state index contributed by atoms with van der Waals surface area (Å²) in [5, 5.41) is 11.3. The van der Waals surface area contributed by atoms with Crippen molar-refractivity contribution in [2.45, 2.75) is 94.5 Å². The second-order valence-electron chi connectivity index (χ2n) is 9.99. The molecule has 3 fully saturated rings. The molecule has 0 bridgehead atoms.